The van der Waals surface area contributed by atoms with Gasteiger partial charge in [0, 0.05) is 62.3 Å². The highest BCUT2D eigenvalue weighted by Gasteiger charge is 2.30. The van der Waals surface area contributed by atoms with Gasteiger partial charge >= 0.3 is 5.00 Å². The van der Waals surface area contributed by atoms with Crippen LogP contribution in [-0.2, 0) is 6.54 Å². The molecule has 1 aromatic carbocycles. The minimum atomic E-state index is -0.330. The summed E-state index contributed by atoms with van der Waals surface area (Å²) in [7, 11) is 0. The fourth-order valence-electron chi connectivity index (χ4n) is 3.67. The van der Waals surface area contributed by atoms with Gasteiger partial charge in [-0.05, 0) is 30.0 Å². The first-order valence-corrected chi connectivity index (χ1v) is 11.5. The smallest absolute Gasteiger partial charge is 0.324 e. The summed E-state index contributed by atoms with van der Waals surface area (Å²) in [6.07, 6.45) is 0. The number of carbonyl (C=O) groups is 1. The molecule has 0 unspecified atom stereocenters. The topological polar surface area (TPSA) is 78.7 Å². The molecule has 2 aromatic rings. The van der Waals surface area contributed by atoms with Crippen molar-refractivity contribution in [1.29, 1.82) is 0 Å². The standard InChI is InChI=1S/C23H32N4O3S/c1-17-5-7-19(8-6-17)22(28)24-20(23(2,3)4)15-26-11-9-25(10-12-26)14-18-13-21(27(29)30)31-16-18/h5-8,13,16,20H,9-12,14-15H2,1-4H3,(H,24,28)/t20-/m0/s1. The maximum Gasteiger partial charge on any atom is 0.324 e. The Morgan fingerprint density at radius 3 is 2.32 bits per heavy atom. The van der Waals surface area contributed by atoms with Crippen molar-refractivity contribution >= 4 is 22.2 Å². The third kappa shape index (κ3) is 6.59. The first kappa shape index (κ1) is 23.4. The SMILES string of the molecule is Cc1ccc(C(=O)N[C@@H](CN2CCN(Cc3csc([N+](=O)[O-])c3)CC2)C(C)(C)C)cc1. The lowest BCUT2D eigenvalue weighted by Gasteiger charge is -2.40. The molecule has 1 atom stereocenters. The molecule has 1 fully saturated rings. The van der Waals surface area contributed by atoms with Gasteiger partial charge < -0.3 is 5.32 Å². The number of nitro groups is 1. The number of benzene rings is 1. The summed E-state index contributed by atoms with van der Waals surface area (Å²) in [5.41, 5.74) is 2.77. The zero-order valence-corrected chi connectivity index (χ0v) is 19.6. The van der Waals surface area contributed by atoms with Crippen LogP contribution < -0.4 is 5.32 Å². The van der Waals surface area contributed by atoms with Crippen molar-refractivity contribution in [3.05, 3.63) is 62.5 Å². The van der Waals surface area contributed by atoms with Gasteiger partial charge in [-0.1, -0.05) is 49.8 Å². The first-order chi connectivity index (χ1) is 14.6. The molecule has 7 nitrogen and oxygen atoms in total. The number of rotatable bonds is 7. The normalized spacial score (nSPS) is 16.8. The molecule has 168 valence electrons. The fourth-order valence-corrected chi connectivity index (χ4v) is 4.39. The molecule has 0 bridgehead atoms. The van der Waals surface area contributed by atoms with Crippen LogP contribution in [0.2, 0.25) is 0 Å². The number of hydrogen-bond acceptors (Lipinski definition) is 6. The maximum absolute atomic E-state index is 12.8. The zero-order valence-electron chi connectivity index (χ0n) is 18.8. The van der Waals surface area contributed by atoms with Crippen molar-refractivity contribution in [3.8, 4) is 0 Å². The number of piperazine rings is 1. The first-order valence-electron chi connectivity index (χ1n) is 10.7. The number of nitrogens with one attached hydrogen (secondary N) is 1. The van der Waals surface area contributed by atoms with E-state index < -0.39 is 0 Å². The molecule has 0 radical (unpaired) electrons. The van der Waals surface area contributed by atoms with E-state index in [0.717, 1.165) is 50.4 Å². The molecule has 2 heterocycles. The Bertz CT molecular complexity index is 896. The summed E-state index contributed by atoms with van der Waals surface area (Å²) in [5.74, 6) is -0.0300. The van der Waals surface area contributed by atoms with Crippen LogP contribution in [0.25, 0.3) is 0 Å². The van der Waals surface area contributed by atoms with Gasteiger partial charge in [-0.3, -0.25) is 24.7 Å². The molecule has 8 heteroatoms. The minimum absolute atomic E-state index is 0.0300. The fraction of sp³-hybridized carbons (Fsp3) is 0.522. The van der Waals surface area contributed by atoms with Crippen LogP contribution in [0.5, 0.6) is 0 Å². The predicted molar refractivity (Wildman–Crippen MR) is 125 cm³/mol. The van der Waals surface area contributed by atoms with E-state index in [-0.39, 0.29) is 27.3 Å². The lowest BCUT2D eigenvalue weighted by Crippen LogP contribution is -2.54. The summed E-state index contributed by atoms with van der Waals surface area (Å²) in [4.78, 5) is 28.1. The van der Waals surface area contributed by atoms with Gasteiger partial charge in [0.1, 0.15) is 0 Å². The van der Waals surface area contributed by atoms with Crippen LogP contribution in [0.15, 0.2) is 35.7 Å². The van der Waals surface area contributed by atoms with Gasteiger partial charge in [-0.15, -0.1) is 0 Å². The number of aryl methyl sites for hydroxylation is 1. The largest absolute Gasteiger partial charge is 0.347 e. The number of amides is 1. The zero-order chi connectivity index (χ0) is 22.6. The van der Waals surface area contributed by atoms with Crippen molar-refractivity contribution in [1.82, 2.24) is 15.1 Å². The van der Waals surface area contributed by atoms with E-state index in [1.54, 1.807) is 6.07 Å². The Morgan fingerprint density at radius 2 is 1.77 bits per heavy atom. The van der Waals surface area contributed by atoms with Gasteiger partial charge in [0.25, 0.3) is 5.91 Å². The number of nitrogens with zero attached hydrogens (tertiary/aromatic N) is 3. The molecule has 1 N–H and O–H groups in total. The Morgan fingerprint density at radius 1 is 1.16 bits per heavy atom. The Hall–Kier alpha value is -2.29. The summed E-state index contributed by atoms with van der Waals surface area (Å²) >= 11 is 1.19. The second-order valence-electron chi connectivity index (χ2n) is 9.39. The summed E-state index contributed by atoms with van der Waals surface area (Å²) in [5, 5.41) is 16.2. The third-order valence-corrected chi connectivity index (χ3v) is 6.73. The van der Waals surface area contributed by atoms with Crippen molar-refractivity contribution in [3.63, 3.8) is 0 Å². The second kappa shape index (κ2) is 9.89. The average Bonchev–Trinajstić information content (AvgIpc) is 3.17. The Kier molecular flexibility index (Phi) is 7.46. The molecule has 1 aliphatic rings. The lowest BCUT2D eigenvalue weighted by molar-refractivity contribution is -0.380. The summed E-state index contributed by atoms with van der Waals surface area (Å²) < 4.78 is 0. The van der Waals surface area contributed by atoms with Gasteiger partial charge in [-0.25, -0.2) is 0 Å². The van der Waals surface area contributed by atoms with Crippen molar-refractivity contribution in [2.45, 2.75) is 40.3 Å². The molecule has 3 rings (SSSR count). The molecular formula is C23H32N4O3S. The minimum Gasteiger partial charge on any atom is -0.347 e. The highest BCUT2D eigenvalue weighted by molar-refractivity contribution is 7.13. The monoisotopic (exact) mass is 444 g/mol. The number of thiophene rings is 1. The van der Waals surface area contributed by atoms with Crippen molar-refractivity contribution in [2.75, 3.05) is 32.7 Å². The average molecular weight is 445 g/mol. The molecule has 1 aromatic heterocycles. The number of hydrogen-bond donors (Lipinski definition) is 1. The Balaban J connectivity index is 1.53. The molecule has 0 spiro atoms. The Labute approximate surface area is 188 Å². The van der Waals surface area contributed by atoms with Crippen molar-refractivity contribution < 1.29 is 9.72 Å². The summed E-state index contributed by atoms with van der Waals surface area (Å²) in [6, 6.07) is 9.38. The van der Waals surface area contributed by atoms with E-state index in [1.165, 1.54) is 11.3 Å². The molecular weight excluding hydrogens is 412 g/mol. The van der Waals surface area contributed by atoms with E-state index in [1.807, 2.05) is 36.6 Å². The molecule has 31 heavy (non-hydrogen) atoms. The van der Waals surface area contributed by atoms with Crippen LogP contribution in [0.4, 0.5) is 5.00 Å². The van der Waals surface area contributed by atoms with Crippen LogP contribution in [0.3, 0.4) is 0 Å². The molecule has 1 saturated heterocycles. The lowest BCUT2D eigenvalue weighted by atomic mass is 9.86. The van der Waals surface area contributed by atoms with Crippen molar-refractivity contribution in [2.24, 2.45) is 5.41 Å². The molecule has 1 aliphatic heterocycles. The predicted octanol–water partition coefficient (Wildman–Crippen LogP) is 3.93. The molecule has 0 aliphatic carbocycles. The number of carbonyl (C=O) groups excluding carboxylic acids is 1. The van der Waals surface area contributed by atoms with Crippen LogP contribution in [0.1, 0.15) is 42.3 Å². The quantitative estimate of drug-likeness (QED) is 0.517. The summed E-state index contributed by atoms with van der Waals surface area (Å²) in [6.45, 7) is 13.7. The van der Waals surface area contributed by atoms with Crippen LogP contribution in [-0.4, -0.2) is 59.4 Å². The van der Waals surface area contributed by atoms with E-state index in [0.29, 0.717) is 5.56 Å². The van der Waals surface area contributed by atoms with Crippen LogP contribution >= 0.6 is 11.3 Å². The van der Waals surface area contributed by atoms with E-state index in [2.05, 4.69) is 35.9 Å². The highest BCUT2D eigenvalue weighted by atomic mass is 32.1. The van der Waals surface area contributed by atoms with Crippen LogP contribution in [0, 0.1) is 22.5 Å². The van der Waals surface area contributed by atoms with Gasteiger partial charge in [0.2, 0.25) is 0 Å². The third-order valence-electron chi connectivity index (χ3n) is 5.80. The van der Waals surface area contributed by atoms with E-state index in [4.69, 9.17) is 0 Å². The van der Waals surface area contributed by atoms with Gasteiger partial charge in [-0.2, -0.15) is 0 Å². The van der Waals surface area contributed by atoms with E-state index in [9.17, 15) is 14.9 Å². The second-order valence-corrected chi connectivity index (χ2v) is 10.3. The van der Waals surface area contributed by atoms with E-state index >= 15 is 0 Å². The highest BCUT2D eigenvalue weighted by Crippen LogP contribution is 2.25. The molecule has 1 amide bonds. The van der Waals surface area contributed by atoms with Gasteiger partial charge in [0.15, 0.2) is 0 Å². The molecule has 0 saturated carbocycles. The maximum atomic E-state index is 12.8. The van der Waals surface area contributed by atoms with Gasteiger partial charge in [0.05, 0.1) is 4.92 Å².